The molecule has 0 aliphatic carbocycles. The Kier molecular flexibility index (Phi) is 8.04. The first-order valence-corrected chi connectivity index (χ1v) is 10.3. The fourth-order valence-electron chi connectivity index (χ4n) is 2.54. The Morgan fingerprint density at radius 2 is 1.59 bits per heavy atom. The lowest BCUT2D eigenvalue weighted by molar-refractivity contribution is -0.122. The predicted molar refractivity (Wildman–Crippen MR) is 122 cm³/mol. The van der Waals surface area contributed by atoms with Crippen LogP contribution in [0.15, 0.2) is 48.7 Å². The van der Waals surface area contributed by atoms with Crippen LogP contribution in [-0.2, 0) is 14.3 Å². The van der Waals surface area contributed by atoms with Gasteiger partial charge in [-0.3, -0.25) is 19.7 Å². The molecule has 0 radical (unpaired) electrons. The van der Waals surface area contributed by atoms with Crippen molar-refractivity contribution >= 4 is 23.6 Å². The Balaban J connectivity index is 2.12. The van der Waals surface area contributed by atoms with Crippen molar-refractivity contribution in [2.24, 2.45) is 0 Å². The van der Waals surface area contributed by atoms with Crippen molar-refractivity contribution < 1.29 is 23.9 Å². The number of carbonyl (C=O) groups excluding carboxylic acids is 3. The predicted octanol–water partition coefficient (Wildman–Crippen LogP) is 3.52. The summed E-state index contributed by atoms with van der Waals surface area (Å²) in [5, 5.41) is 5.30. The highest BCUT2D eigenvalue weighted by Gasteiger charge is 2.27. The van der Waals surface area contributed by atoms with Crippen LogP contribution >= 0.6 is 0 Å². The summed E-state index contributed by atoms with van der Waals surface area (Å²) in [6, 6.07) is 11.1. The molecule has 32 heavy (non-hydrogen) atoms. The summed E-state index contributed by atoms with van der Waals surface area (Å²) in [5.41, 5.74) is 2.22. The zero-order chi connectivity index (χ0) is 23.9. The van der Waals surface area contributed by atoms with Crippen molar-refractivity contribution in [3.63, 3.8) is 0 Å². The second-order valence-corrected chi connectivity index (χ2v) is 9.18. The number of para-hydroxylation sites is 1. The number of carbonyl (C=O) groups is 3. The molecule has 0 saturated heterocycles. The minimum absolute atomic E-state index is 0.0820. The maximum absolute atomic E-state index is 12.9. The Morgan fingerprint density at radius 1 is 0.938 bits per heavy atom. The van der Waals surface area contributed by atoms with E-state index in [9.17, 15) is 14.4 Å². The molecule has 9 nitrogen and oxygen atoms in total. The van der Waals surface area contributed by atoms with Crippen LogP contribution in [0.25, 0.3) is 0 Å². The molecule has 2 aromatic rings. The fourth-order valence-corrected chi connectivity index (χ4v) is 2.54. The smallest absolute Gasteiger partial charge is 0.408 e. The molecule has 0 saturated carbocycles. The van der Waals surface area contributed by atoms with E-state index < -0.39 is 35.2 Å². The van der Waals surface area contributed by atoms with Crippen LogP contribution < -0.4 is 16.1 Å². The summed E-state index contributed by atoms with van der Waals surface area (Å²) in [5.74, 6) is -0.964. The van der Waals surface area contributed by atoms with Gasteiger partial charge in [-0.15, -0.1) is 0 Å². The summed E-state index contributed by atoms with van der Waals surface area (Å²) < 4.78 is 12.3. The van der Waals surface area contributed by atoms with E-state index >= 15 is 0 Å². The molecule has 0 aliphatic heterocycles. The highest BCUT2D eigenvalue weighted by molar-refractivity contribution is 6.04. The maximum atomic E-state index is 12.9. The standard InChI is InChI=1S/C23H32N4O5/c1-22(2,3)31-15-17(25-21(30)32-23(4,5)6)19(28)26-27-14-10-13-18(27)20(29)24-16-11-8-7-9-12-16/h7-14,17H,15H2,1-6H3,(H,24,29)(H,25,30)(H,26,28). The van der Waals surface area contributed by atoms with E-state index in [0.717, 1.165) is 0 Å². The molecule has 174 valence electrons. The molecular formula is C23H32N4O5. The van der Waals surface area contributed by atoms with Gasteiger partial charge in [0.15, 0.2) is 0 Å². The van der Waals surface area contributed by atoms with E-state index in [1.165, 1.54) is 10.9 Å². The monoisotopic (exact) mass is 444 g/mol. The Labute approximate surface area is 188 Å². The van der Waals surface area contributed by atoms with Gasteiger partial charge in [-0.25, -0.2) is 4.79 Å². The number of benzene rings is 1. The third kappa shape index (κ3) is 8.43. The fraction of sp³-hybridized carbons (Fsp3) is 0.435. The minimum Gasteiger partial charge on any atom is -0.444 e. The summed E-state index contributed by atoms with van der Waals surface area (Å²) in [4.78, 5) is 37.8. The molecule has 3 N–H and O–H groups in total. The number of alkyl carbamates (subject to hydrolysis) is 1. The number of anilines is 1. The average molecular weight is 445 g/mol. The molecule has 1 unspecified atom stereocenters. The highest BCUT2D eigenvalue weighted by Crippen LogP contribution is 2.11. The zero-order valence-corrected chi connectivity index (χ0v) is 19.4. The number of hydrogen-bond acceptors (Lipinski definition) is 5. The molecular weight excluding hydrogens is 412 g/mol. The number of ether oxygens (including phenoxy) is 2. The minimum atomic E-state index is -1.04. The van der Waals surface area contributed by atoms with E-state index in [4.69, 9.17) is 9.47 Å². The summed E-state index contributed by atoms with van der Waals surface area (Å²) in [7, 11) is 0. The second kappa shape index (κ2) is 10.3. The van der Waals surface area contributed by atoms with Crippen molar-refractivity contribution in [1.29, 1.82) is 0 Å². The van der Waals surface area contributed by atoms with Gasteiger partial charge in [-0.2, -0.15) is 0 Å². The summed E-state index contributed by atoms with van der Waals surface area (Å²) >= 11 is 0. The molecule has 1 aromatic carbocycles. The van der Waals surface area contributed by atoms with E-state index in [-0.39, 0.29) is 12.3 Å². The van der Waals surface area contributed by atoms with Crippen LogP contribution in [0.1, 0.15) is 52.0 Å². The summed E-state index contributed by atoms with van der Waals surface area (Å²) in [6.07, 6.45) is 0.789. The normalized spacial score (nSPS) is 12.6. The first-order valence-electron chi connectivity index (χ1n) is 10.3. The van der Waals surface area contributed by atoms with Gasteiger partial charge in [0.05, 0.1) is 12.2 Å². The maximum Gasteiger partial charge on any atom is 0.408 e. The van der Waals surface area contributed by atoms with Crippen LogP contribution in [0.3, 0.4) is 0 Å². The van der Waals surface area contributed by atoms with Gasteiger partial charge < -0.3 is 20.1 Å². The second-order valence-electron chi connectivity index (χ2n) is 9.18. The largest absolute Gasteiger partial charge is 0.444 e. The van der Waals surface area contributed by atoms with E-state index in [1.54, 1.807) is 57.2 Å². The topological polar surface area (TPSA) is 111 Å². The molecule has 0 spiro atoms. The summed E-state index contributed by atoms with van der Waals surface area (Å²) in [6.45, 7) is 10.6. The van der Waals surface area contributed by atoms with Crippen molar-refractivity contribution in [2.45, 2.75) is 58.8 Å². The van der Waals surface area contributed by atoms with Crippen LogP contribution in [0.4, 0.5) is 10.5 Å². The number of aromatic nitrogens is 1. The highest BCUT2D eigenvalue weighted by atomic mass is 16.6. The third-order valence-electron chi connectivity index (χ3n) is 3.93. The zero-order valence-electron chi connectivity index (χ0n) is 19.4. The van der Waals surface area contributed by atoms with Gasteiger partial charge in [-0.1, -0.05) is 18.2 Å². The van der Waals surface area contributed by atoms with Gasteiger partial charge in [-0.05, 0) is 65.8 Å². The van der Waals surface area contributed by atoms with E-state index in [0.29, 0.717) is 5.69 Å². The van der Waals surface area contributed by atoms with E-state index in [2.05, 4.69) is 16.1 Å². The Bertz CT molecular complexity index is 926. The van der Waals surface area contributed by atoms with Crippen LogP contribution in [-0.4, -0.2) is 46.4 Å². The van der Waals surface area contributed by atoms with Crippen molar-refractivity contribution in [2.75, 3.05) is 17.3 Å². The van der Waals surface area contributed by atoms with Crippen LogP contribution in [0.2, 0.25) is 0 Å². The Morgan fingerprint density at radius 3 is 2.19 bits per heavy atom. The number of amides is 3. The number of rotatable bonds is 7. The van der Waals surface area contributed by atoms with E-state index in [1.807, 2.05) is 26.8 Å². The molecule has 3 amide bonds. The van der Waals surface area contributed by atoms with Crippen molar-refractivity contribution in [1.82, 2.24) is 9.99 Å². The van der Waals surface area contributed by atoms with Crippen LogP contribution in [0, 0.1) is 0 Å². The van der Waals surface area contributed by atoms with Gasteiger partial charge in [0, 0.05) is 11.9 Å². The molecule has 1 heterocycles. The third-order valence-corrected chi connectivity index (χ3v) is 3.93. The van der Waals surface area contributed by atoms with Crippen molar-refractivity contribution in [3.05, 3.63) is 54.4 Å². The first-order chi connectivity index (χ1) is 14.8. The van der Waals surface area contributed by atoms with Gasteiger partial charge in [0.2, 0.25) is 0 Å². The first kappa shape index (κ1) is 24.9. The lowest BCUT2D eigenvalue weighted by atomic mass is 10.2. The molecule has 1 atom stereocenters. The molecule has 0 bridgehead atoms. The van der Waals surface area contributed by atoms with Gasteiger partial charge >= 0.3 is 6.09 Å². The molecule has 1 aromatic heterocycles. The van der Waals surface area contributed by atoms with Gasteiger partial charge in [0.25, 0.3) is 11.8 Å². The van der Waals surface area contributed by atoms with Gasteiger partial charge in [0.1, 0.15) is 17.3 Å². The van der Waals surface area contributed by atoms with Crippen molar-refractivity contribution in [3.8, 4) is 0 Å². The lowest BCUT2D eigenvalue weighted by Crippen LogP contribution is -2.50. The molecule has 9 heteroatoms. The molecule has 0 fully saturated rings. The quantitative estimate of drug-likeness (QED) is 0.605. The van der Waals surface area contributed by atoms with Crippen LogP contribution in [0.5, 0.6) is 0 Å². The SMILES string of the molecule is CC(C)(C)OCC(NC(=O)OC(C)(C)C)C(=O)Nn1cccc1C(=O)Nc1ccccc1. The Hall–Kier alpha value is -3.33. The number of nitrogens with one attached hydrogen (secondary N) is 3. The molecule has 2 rings (SSSR count). The number of hydrogen-bond donors (Lipinski definition) is 3. The lowest BCUT2D eigenvalue weighted by Gasteiger charge is -2.26. The average Bonchev–Trinajstić information content (AvgIpc) is 3.12. The molecule has 0 aliphatic rings. The number of nitrogens with zero attached hydrogens (tertiary/aromatic N) is 1.